The second-order valence-electron chi connectivity index (χ2n) is 4.75. The van der Waals surface area contributed by atoms with Crippen LogP contribution in [0.5, 0.6) is 0 Å². The Bertz CT molecular complexity index is 246. The highest BCUT2D eigenvalue weighted by atomic mass is 16.5. The number of aliphatic hydroxyl groups is 1. The van der Waals surface area contributed by atoms with Crippen LogP contribution in [-0.4, -0.2) is 72.9 Å². The summed E-state index contributed by atoms with van der Waals surface area (Å²) >= 11 is 0. The van der Waals surface area contributed by atoms with Gasteiger partial charge >= 0.3 is 0 Å². The summed E-state index contributed by atoms with van der Waals surface area (Å²) in [6, 6.07) is 0. The first-order chi connectivity index (χ1) is 8.31. The van der Waals surface area contributed by atoms with Crippen LogP contribution in [0.15, 0.2) is 0 Å². The number of hydrogen-bond donors (Lipinski definition) is 1. The highest BCUT2D eigenvalue weighted by molar-refractivity contribution is 5.81. The van der Waals surface area contributed by atoms with Gasteiger partial charge in [-0.2, -0.15) is 0 Å². The van der Waals surface area contributed by atoms with E-state index in [1.54, 1.807) is 0 Å². The van der Waals surface area contributed by atoms with Crippen LogP contribution in [-0.2, 0) is 9.53 Å². The Kier molecular flexibility index (Phi) is 4.76. The number of piperazine rings is 1. The summed E-state index contributed by atoms with van der Waals surface area (Å²) in [6.07, 6.45) is 2.52. The Labute approximate surface area is 102 Å². The molecule has 5 nitrogen and oxygen atoms in total. The van der Waals surface area contributed by atoms with Crippen LogP contribution in [0.1, 0.15) is 19.3 Å². The molecule has 98 valence electrons. The predicted octanol–water partition coefficient (Wildman–Crippen LogP) is -0.308. The fourth-order valence-electron chi connectivity index (χ4n) is 2.46. The van der Waals surface area contributed by atoms with E-state index in [0.29, 0.717) is 0 Å². The molecule has 0 bridgehead atoms. The van der Waals surface area contributed by atoms with Crippen LogP contribution in [0.2, 0.25) is 0 Å². The van der Waals surface area contributed by atoms with Gasteiger partial charge < -0.3 is 14.7 Å². The Morgan fingerprint density at radius 3 is 2.65 bits per heavy atom. The van der Waals surface area contributed by atoms with E-state index in [1.807, 2.05) is 4.90 Å². The van der Waals surface area contributed by atoms with Gasteiger partial charge in [-0.05, 0) is 19.3 Å². The first kappa shape index (κ1) is 12.8. The van der Waals surface area contributed by atoms with Gasteiger partial charge in [-0.3, -0.25) is 9.69 Å². The molecule has 2 heterocycles. The summed E-state index contributed by atoms with van der Waals surface area (Å²) in [7, 11) is 0. The molecule has 5 heteroatoms. The number of nitrogens with zero attached hydrogens (tertiary/aromatic N) is 2. The quantitative estimate of drug-likeness (QED) is 0.735. The fraction of sp³-hybridized carbons (Fsp3) is 0.917. The molecule has 0 saturated carbocycles. The zero-order valence-corrected chi connectivity index (χ0v) is 10.3. The lowest BCUT2D eigenvalue weighted by molar-refractivity contribution is -0.142. The average molecular weight is 242 g/mol. The first-order valence-corrected chi connectivity index (χ1v) is 6.55. The van der Waals surface area contributed by atoms with E-state index in [4.69, 9.17) is 9.84 Å². The van der Waals surface area contributed by atoms with Crippen molar-refractivity contribution in [2.24, 2.45) is 0 Å². The SMILES string of the molecule is O=C(C1CCCO1)N1CCN(CCCO)CC1. The molecule has 2 saturated heterocycles. The van der Waals surface area contributed by atoms with Gasteiger partial charge in [-0.25, -0.2) is 0 Å². The maximum Gasteiger partial charge on any atom is 0.251 e. The molecule has 0 aliphatic carbocycles. The van der Waals surface area contributed by atoms with Crippen molar-refractivity contribution in [1.29, 1.82) is 0 Å². The molecule has 17 heavy (non-hydrogen) atoms. The van der Waals surface area contributed by atoms with E-state index in [0.717, 1.165) is 58.6 Å². The summed E-state index contributed by atoms with van der Waals surface area (Å²) in [5.74, 6) is 0.171. The average Bonchev–Trinajstić information content (AvgIpc) is 2.90. The molecule has 2 rings (SSSR count). The van der Waals surface area contributed by atoms with Crippen LogP contribution >= 0.6 is 0 Å². The van der Waals surface area contributed by atoms with Crippen LogP contribution in [0.4, 0.5) is 0 Å². The van der Waals surface area contributed by atoms with E-state index in [-0.39, 0.29) is 18.6 Å². The van der Waals surface area contributed by atoms with Crippen molar-refractivity contribution in [1.82, 2.24) is 9.80 Å². The van der Waals surface area contributed by atoms with Gasteiger partial charge in [0.1, 0.15) is 6.10 Å². The molecule has 0 aromatic carbocycles. The highest BCUT2D eigenvalue weighted by Gasteiger charge is 2.29. The van der Waals surface area contributed by atoms with Crippen LogP contribution in [0, 0.1) is 0 Å². The molecule has 2 aliphatic rings. The van der Waals surface area contributed by atoms with Crippen LogP contribution in [0.25, 0.3) is 0 Å². The molecule has 0 spiro atoms. The third-order valence-corrected chi connectivity index (χ3v) is 3.52. The summed E-state index contributed by atoms with van der Waals surface area (Å²) in [4.78, 5) is 16.3. The molecule has 2 aliphatic heterocycles. The maximum atomic E-state index is 12.1. The largest absolute Gasteiger partial charge is 0.396 e. The smallest absolute Gasteiger partial charge is 0.251 e. The number of carbonyl (C=O) groups excluding carboxylic acids is 1. The van der Waals surface area contributed by atoms with Crippen LogP contribution in [0.3, 0.4) is 0 Å². The highest BCUT2D eigenvalue weighted by Crippen LogP contribution is 2.15. The van der Waals surface area contributed by atoms with Crippen molar-refractivity contribution in [3.05, 3.63) is 0 Å². The molecule has 1 amide bonds. The number of rotatable bonds is 4. The van der Waals surface area contributed by atoms with Crippen LogP contribution < -0.4 is 0 Å². The third-order valence-electron chi connectivity index (χ3n) is 3.52. The molecule has 2 fully saturated rings. The number of carbonyl (C=O) groups is 1. The summed E-state index contributed by atoms with van der Waals surface area (Å²) < 4.78 is 5.42. The van der Waals surface area contributed by atoms with Crippen molar-refractivity contribution in [2.75, 3.05) is 45.9 Å². The molecular weight excluding hydrogens is 220 g/mol. The van der Waals surface area contributed by atoms with Gasteiger partial charge in [0.25, 0.3) is 5.91 Å². The maximum absolute atomic E-state index is 12.1. The van der Waals surface area contributed by atoms with Crippen molar-refractivity contribution in [3.63, 3.8) is 0 Å². The zero-order valence-electron chi connectivity index (χ0n) is 10.3. The van der Waals surface area contributed by atoms with Crippen molar-refractivity contribution in [3.8, 4) is 0 Å². The molecule has 1 unspecified atom stereocenters. The number of hydrogen-bond acceptors (Lipinski definition) is 4. The van der Waals surface area contributed by atoms with Crippen molar-refractivity contribution < 1.29 is 14.6 Å². The van der Waals surface area contributed by atoms with Crippen molar-refractivity contribution >= 4 is 5.91 Å². The molecule has 0 aromatic heterocycles. The number of ether oxygens (including phenoxy) is 1. The fourth-order valence-corrected chi connectivity index (χ4v) is 2.46. The predicted molar refractivity (Wildman–Crippen MR) is 63.7 cm³/mol. The topological polar surface area (TPSA) is 53.0 Å². The third kappa shape index (κ3) is 3.40. The molecule has 1 atom stereocenters. The molecular formula is C12H22N2O3. The van der Waals surface area contributed by atoms with E-state index in [9.17, 15) is 4.79 Å². The minimum absolute atomic E-state index is 0.171. The lowest BCUT2D eigenvalue weighted by atomic mass is 10.2. The Hall–Kier alpha value is -0.650. The second-order valence-corrected chi connectivity index (χ2v) is 4.75. The minimum atomic E-state index is -0.181. The molecule has 1 N–H and O–H groups in total. The van der Waals surface area contributed by atoms with E-state index in [1.165, 1.54) is 0 Å². The zero-order chi connectivity index (χ0) is 12.1. The van der Waals surface area contributed by atoms with Gasteiger partial charge in [0.15, 0.2) is 0 Å². The van der Waals surface area contributed by atoms with E-state index >= 15 is 0 Å². The minimum Gasteiger partial charge on any atom is -0.396 e. The van der Waals surface area contributed by atoms with Gasteiger partial charge in [-0.15, -0.1) is 0 Å². The lowest BCUT2D eigenvalue weighted by Crippen LogP contribution is -2.51. The monoisotopic (exact) mass is 242 g/mol. The normalized spacial score (nSPS) is 26.4. The van der Waals surface area contributed by atoms with Gasteiger partial charge in [0.05, 0.1) is 0 Å². The number of aliphatic hydroxyl groups excluding tert-OH is 1. The molecule has 0 radical (unpaired) electrons. The molecule has 0 aromatic rings. The standard InChI is InChI=1S/C12H22N2O3/c15-9-2-4-13-5-7-14(8-6-13)12(16)11-3-1-10-17-11/h11,15H,1-10H2. The van der Waals surface area contributed by atoms with E-state index < -0.39 is 0 Å². The summed E-state index contributed by atoms with van der Waals surface area (Å²) in [5.41, 5.74) is 0. The lowest BCUT2D eigenvalue weighted by Gasteiger charge is -2.35. The van der Waals surface area contributed by atoms with Gasteiger partial charge in [0.2, 0.25) is 0 Å². The van der Waals surface area contributed by atoms with Gasteiger partial charge in [-0.1, -0.05) is 0 Å². The summed E-state index contributed by atoms with van der Waals surface area (Å²) in [5, 5.41) is 8.77. The Morgan fingerprint density at radius 2 is 2.06 bits per heavy atom. The number of amides is 1. The van der Waals surface area contributed by atoms with Crippen molar-refractivity contribution in [2.45, 2.75) is 25.4 Å². The Morgan fingerprint density at radius 1 is 1.29 bits per heavy atom. The Balaban J connectivity index is 1.72. The van der Waals surface area contributed by atoms with E-state index in [2.05, 4.69) is 4.90 Å². The second kappa shape index (κ2) is 6.33. The first-order valence-electron chi connectivity index (χ1n) is 6.55. The summed E-state index contributed by atoms with van der Waals surface area (Å²) in [6.45, 7) is 5.32. The van der Waals surface area contributed by atoms with Gasteiger partial charge in [0, 0.05) is 45.9 Å².